The van der Waals surface area contributed by atoms with Gasteiger partial charge in [-0.15, -0.1) is 11.3 Å². The summed E-state index contributed by atoms with van der Waals surface area (Å²) in [6, 6.07) is 9.72. The van der Waals surface area contributed by atoms with Crippen LogP contribution < -0.4 is 15.4 Å². The smallest absolute Gasteiger partial charge is 0.224 e. The van der Waals surface area contributed by atoms with Crippen LogP contribution in [0.1, 0.15) is 15.4 Å². The summed E-state index contributed by atoms with van der Waals surface area (Å²) in [6.45, 7) is 3.24. The molecule has 3 rings (SSSR count). The number of rotatable bonds is 7. The first-order valence-electron chi connectivity index (χ1n) is 8.87. The SMILES string of the molecule is CN=C(NCCc1ncc(C)s1)NCc1cccnc1Oc1cccc(F)c1. The van der Waals surface area contributed by atoms with Gasteiger partial charge >= 0.3 is 0 Å². The quantitative estimate of drug-likeness (QED) is 0.468. The average Bonchev–Trinajstić information content (AvgIpc) is 3.10. The van der Waals surface area contributed by atoms with Crippen molar-refractivity contribution in [2.75, 3.05) is 13.6 Å². The number of hydrogen-bond acceptors (Lipinski definition) is 5. The molecule has 0 unspecified atom stereocenters. The maximum absolute atomic E-state index is 13.4. The maximum Gasteiger partial charge on any atom is 0.224 e. The molecule has 0 saturated heterocycles. The Morgan fingerprint density at radius 2 is 2.11 bits per heavy atom. The second kappa shape index (κ2) is 9.80. The van der Waals surface area contributed by atoms with E-state index in [0.29, 0.717) is 24.1 Å². The van der Waals surface area contributed by atoms with Gasteiger partial charge < -0.3 is 15.4 Å². The Labute approximate surface area is 167 Å². The van der Waals surface area contributed by atoms with Crippen molar-refractivity contribution >= 4 is 17.3 Å². The predicted molar refractivity (Wildman–Crippen MR) is 109 cm³/mol. The number of nitrogens with zero attached hydrogens (tertiary/aromatic N) is 3. The molecule has 0 aliphatic heterocycles. The lowest BCUT2D eigenvalue weighted by molar-refractivity contribution is 0.450. The van der Waals surface area contributed by atoms with Gasteiger partial charge in [0, 0.05) is 55.5 Å². The molecule has 0 aliphatic carbocycles. The predicted octanol–water partition coefficient (Wildman–Crippen LogP) is 3.69. The van der Waals surface area contributed by atoms with Crippen LogP contribution in [-0.4, -0.2) is 29.5 Å². The van der Waals surface area contributed by atoms with Crippen LogP contribution in [0.25, 0.3) is 0 Å². The number of hydrogen-bond donors (Lipinski definition) is 2. The summed E-state index contributed by atoms with van der Waals surface area (Å²) >= 11 is 1.70. The fourth-order valence-electron chi connectivity index (χ4n) is 2.50. The molecule has 0 atom stereocenters. The molecule has 28 heavy (non-hydrogen) atoms. The molecule has 0 aliphatic rings. The molecular weight excluding hydrogens is 377 g/mol. The number of ether oxygens (including phenoxy) is 1. The van der Waals surface area contributed by atoms with Gasteiger partial charge in [0.2, 0.25) is 5.88 Å². The van der Waals surface area contributed by atoms with Gasteiger partial charge in [-0.05, 0) is 25.1 Å². The fourth-order valence-corrected chi connectivity index (χ4v) is 3.28. The Balaban J connectivity index is 1.55. The minimum absolute atomic E-state index is 0.354. The van der Waals surface area contributed by atoms with Gasteiger partial charge in [0.15, 0.2) is 5.96 Å². The molecule has 2 N–H and O–H groups in total. The minimum Gasteiger partial charge on any atom is -0.439 e. The number of benzene rings is 1. The topological polar surface area (TPSA) is 71.4 Å². The van der Waals surface area contributed by atoms with E-state index >= 15 is 0 Å². The third-order valence-corrected chi connectivity index (χ3v) is 4.80. The van der Waals surface area contributed by atoms with Crippen molar-refractivity contribution in [3.8, 4) is 11.6 Å². The van der Waals surface area contributed by atoms with Gasteiger partial charge in [0.25, 0.3) is 0 Å². The van der Waals surface area contributed by atoms with Crippen LogP contribution in [0.4, 0.5) is 4.39 Å². The van der Waals surface area contributed by atoms with E-state index in [-0.39, 0.29) is 5.82 Å². The van der Waals surface area contributed by atoms with E-state index in [1.165, 1.54) is 17.0 Å². The second-order valence-electron chi connectivity index (χ2n) is 5.99. The summed E-state index contributed by atoms with van der Waals surface area (Å²) in [7, 11) is 1.72. The molecule has 1 aromatic carbocycles. The normalized spacial score (nSPS) is 11.3. The molecule has 0 radical (unpaired) electrons. The van der Waals surface area contributed by atoms with Crippen molar-refractivity contribution in [3.63, 3.8) is 0 Å². The van der Waals surface area contributed by atoms with Gasteiger partial charge in [-0.3, -0.25) is 4.99 Å². The highest BCUT2D eigenvalue weighted by Crippen LogP contribution is 2.23. The van der Waals surface area contributed by atoms with Crippen LogP contribution in [0.3, 0.4) is 0 Å². The molecule has 2 heterocycles. The summed E-state index contributed by atoms with van der Waals surface area (Å²) in [5.74, 6) is 1.15. The highest BCUT2D eigenvalue weighted by Gasteiger charge is 2.08. The molecule has 0 bridgehead atoms. The fraction of sp³-hybridized carbons (Fsp3) is 0.250. The molecule has 0 amide bonds. The van der Waals surface area contributed by atoms with Crippen LogP contribution >= 0.6 is 11.3 Å². The number of thiazole rings is 1. The number of aromatic nitrogens is 2. The minimum atomic E-state index is -0.354. The number of aryl methyl sites for hydroxylation is 1. The van der Waals surface area contributed by atoms with E-state index in [1.54, 1.807) is 36.7 Å². The van der Waals surface area contributed by atoms with Crippen molar-refractivity contribution in [2.45, 2.75) is 19.9 Å². The van der Waals surface area contributed by atoms with Crippen LogP contribution in [0.5, 0.6) is 11.6 Å². The number of guanidine groups is 1. The van der Waals surface area contributed by atoms with Crippen molar-refractivity contribution in [2.24, 2.45) is 4.99 Å². The number of halogens is 1. The molecule has 0 fully saturated rings. The van der Waals surface area contributed by atoms with E-state index in [2.05, 4.69) is 25.6 Å². The van der Waals surface area contributed by atoms with Crippen molar-refractivity contribution in [1.82, 2.24) is 20.6 Å². The Morgan fingerprint density at radius 1 is 1.21 bits per heavy atom. The molecule has 2 aromatic heterocycles. The lowest BCUT2D eigenvalue weighted by Gasteiger charge is -2.13. The number of aliphatic imine (C=N–C) groups is 1. The second-order valence-corrected chi connectivity index (χ2v) is 7.31. The molecule has 3 aromatic rings. The van der Waals surface area contributed by atoms with Crippen molar-refractivity contribution in [3.05, 3.63) is 70.1 Å². The molecule has 0 saturated carbocycles. The van der Waals surface area contributed by atoms with Gasteiger partial charge in [-0.2, -0.15) is 0 Å². The van der Waals surface area contributed by atoms with E-state index < -0.39 is 0 Å². The average molecular weight is 399 g/mol. The maximum atomic E-state index is 13.4. The zero-order valence-electron chi connectivity index (χ0n) is 15.8. The zero-order valence-corrected chi connectivity index (χ0v) is 16.6. The number of nitrogens with one attached hydrogen (secondary N) is 2. The van der Waals surface area contributed by atoms with E-state index in [1.807, 2.05) is 25.3 Å². The lowest BCUT2D eigenvalue weighted by atomic mass is 10.2. The molecule has 146 valence electrons. The van der Waals surface area contributed by atoms with Crippen LogP contribution in [0, 0.1) is 12.7 Å². The Morgan fingerprint density at radius 3 is 2.86 bits per heavy atom. The summed E-state index contributed by atoms with van der Waals surface area (Å²) in [5, 5.41) is 7.61. The molecular formula is C20H22FN5OS. The van der Waals surface area contributed by atoms with Gasteiger partial charge in [-0.1, -0.05) is 12.1 Å². The largest absolute Gasteiger partial charge is 0.439 e. The monoisotopic (exact) mass is 399 g/mol. The first-order valence-corrected chi connectivity index (χ1v) is 9.69. The van der Waals surface area contributed by atoms with Crippen molar-refractivity contribution < 1.29 is 9.13 Å². The standard InChI is InChI=1S/C20H22FN5OS/c1-14-12-25-18(28-14)8-10-24-20(22-2)26-13-15-5-4-9-23-19(15)27-17-7-3-6-16(21)11-17/h3-7,9,11-12H,8,10,13H2,1-2H3,(H2,22,24,26). The molecule has 8 heteroatoms. The number of pyridine rings is 1. The molecule has 0 spiro atoms. The third-order valence-electron chi connectivity index (χ3n) is 3.83. The van der Waals surface area contributed by atoms with Gasteiger partial charge in [-0.25, -0.2) is 14.4 Å². The van der Waals surface area contributed by atoms with E-state index in [9.17, 15) is 4.39 Å². The Bertz CT molecular complexity index is 944. The first kappa shape index (κ1) is 19.8. The Kier molecular flexibility index (Phi) is 6.91. The molecule has 6 nitrogen and oxygen atoms in total. The summed E-state index contributed by atoms with van der Waals surface area (Å²) in [4.78, 5) is 14.1. The highest BCUT2D eigenvalue weighted by atomic mass is 32.1. The van der Waals surface area contributed by atoms with E-state index in [4.69, 9.17) is 4.74 Å². The van der Waals surface area contributed by atoms with Gasteiger partial charge in [0.05, 0.1) is 5.01 Å². The summed E-state index contributed by atoms with van der Waals surface area (Å²) < 4.78 is 19.1. The van der Waals surface area contributed by atoms with Crippen molar-refractivity contribution in [1.29, 1.82) is 0 Å². The lowest BCUT2D eigenvalue weighted by Crippen LogP contribution is -2.37. The highest BCUT2D eigenvalue weighted by molar-refractivity contribution is 7.11. The summed E-state index contributed by atoms with van der Waals surface area (Å²) in [6.07, 6.45) is 4.36. The van der Waals surface area contributed by atoms with Crippen LogP contribution in [-0.2, 0) is 13.0 Å². The zero-order chi connectivity index (χ0) is 19.8. The third kappa shape index (κ3) is 5.75. The van der Waals surface area contributed by atoms with Crippen LogP contribution in [0.2, 0.25) is 0 Å². The summed E-state index contributed by atoms with van der Waals surface area (Å²) in [5.41, 5.74) is 0.838. The van der Waals surface area contributed by atoms with E-state index in [0.717, 1.165) is 23.5 Å². The van der Waals surface area contributed by atoms with Gasteiger partial charge in [0.1, 0.15) is 11.6 Å². The first-order chi connectivity index (χ1) is 13.6. The Hall–Kier alpha value is -3.00. The van der Waals surface area contributed by atoms with Crippen LogP contribution in [0.15, 0.2) is 53.8 Å².